The second-order valence-electron chi connectivity index (χ2n) is 3.05. The van der Waals surface area contributed by atoms with Gasteiger partial charge in [0.2, 0.25) is 5.78 Å². The summed E-state index contributed by atoms with van der Waals surface area (Å²) in [4.78, 5) is 15.8. The van der Waals surface area contributed by atoms with Crippen molar-refractivity contribution in [2.45, 2.75) is 0 Å². The number of rotatable bonds is 3. The first-order chi connectivity index (χ1) is 7.70. The number of hydrogen-bond donors (Lipinski definition) is 0. The highest BCUT2D eigenvalue weighted by Crippen LogP contribution is 2.18. The Morgan fingerprint density at radius 2 is 2.25 bits per heavy atom. The first kappa shape index (κ1) is 10.7. The van der Waals surface area contributed by atoms with Gasteiger partial charge in [0.1, 0.15) is 5.75 Å². The standard InChI is InChI=1S/C11H8ClNO3/c1-15-8-4-7(5-13-6-8)11(14)9-2-3-10(12)16-9/h2-6H,1H3. The summed E-state index contributed by atoms with van der Waals surface area (Å²) in [5, 5.41) is 0.180. The zero-order valence-corrected chi connectivity index (χ0v) is 9.19. The van der Waals surface area contributed by atoms with E-state index in [1.165, 1.54) is 31.6 Å². The number of ketones is 1. The van der Waals surface area contributed by atoms with Gasteiger partial charge in [0, 0.05) is 11.8 Å². The van der Waals surface area contributed by atoms with Gasteiger partial charge in [-0.1, -0.05) is 0 Å². The van der Waals surface area contributed by atoms with Crippen molar-refractivity contribution >= 4 is 17.4 Å². The van der Waals surface area contributed by atoms with Crippen LogP contribution >= 0.6 is 11.6 Å². The summed E-state index contributed by atoms with van der Waals surface area (Å²) >= 11 is 5.59. The summed E-state index contributed by atoms with van der Waals surface area (Å²) in [6.07, 6.45) is 2.97. The molecule has 0 N–H and O–H groups in total. The zero-order chi connectivity index (χ0) is 11.5. The molecule has 16 heavy (non-hydrogen) atoms. The van der Waals surface area contributed by atoms with Crippen LogP contribution in [0, 0.1) is 0 Å². The minimum absolute atomic E-state index is 0.180. The lowest BCUT2D eigenvalue weighted by Gasteiger charge is -2.00. The maximum atomic E-state index is 11.9. The third kappa shape index (κ3) is 2.06. The Kier molecular flexibility index (Phi) is 2.92. The van der Waals surface area contributed by atoms with Crippen LogP contribution in [0.4, 0.5) is 0 Å². The smallest absolute Gasteiger partial charge is 0.229 e. The molecule has 0 atom stereocenters. The normalized spacial score (nSPS) is 10.1. The van der Waals surface area contributed by atoms with Gasteiger partial charge in [0.05, 0.1) is 13.3 Å². The van der Waals surface area contributed by atoms with Crippen molar-refractivity contribution in [3.8, 4) is 5.75 Å². The number of carbonyl (C=O) groups excluding carboxylic acids is 1. The van der Waals surface area contributed by atoms with Crippen molar-refractivity contribution < 1.29 is 13.9 Å². The molecule has 82 valence electrons. The molecule has 2 heterocycles. The van der Waals surface area contributed by atoms with Gasteiger partial charge in [0.25, 0.3) is 0 Å². The average molecular weight is 238 g/mol. The predicted molar refractivity (Wildman–Crippen MR) is 57.9 cm³/mol. The van der Waals surface area contributed by atoms with Gasteiger partial charge in [-0.25, -0.2) is 0 Å². The van der Waals surface area contributed by atoms with Gasteiger partial charge in [-0.15, -0.1) is 0 Å². The van der Waals surface area contributed by atoms with Gasteiger partial charge in [-0.05, 0) is 29.8 Å². The minimum Gasteiger partial charge on any atom is -0.495 e. The number of pyridine rings is 1. The number of methoxy groups -OCH3 is 1. The SMILES string of the molecule is COc1cncc(C(=O)c2ccc(Cl)o2)c1. The van der Waals surface area contributed by atoms with Crippen molar-refractivity contribution in [2.75, 3.05) is 7.11 Å². The highest BCUT2D eigenvalue weighted by atomic mass is 35.5. The summed E-state index contributed by atoms with van der Waals surface area (Å²) in [5.74, 6) is 0.418. The van der Waals surface area contributed by atoms with Crippen LogP contribution in [-0.2, 0) is 0 Å². The Bertz CT molecular complexity index is 521. The Hall–Kier alpha value is -1.81. The van der Waals surface area contributed by atoms with E-state index in [-0.39, 0.29) is 16.8 Å². The van der Waals surface area contributed by atoms with Crippen molar-refractivity contribution in [3.63, 3.8) is 0 Å². The van der Waals surface area contributed by atoms with Gasteiger partial charge < -0.3 is 9.15 Å². The van der Waals surface area contributed by atoms with E-state index < -0.39 is 0 Å². The van der Waals surface area contributed by atoms with E-state index in [9.17, 15) is 4.79 Å². The van der Waals surface area contributed by atoms with E-state index in [0.29, 0.717) is 11.3 Å². The van der Waals surface area contributed by atoms with E-state index in [1.54, 1.807) is 6.07 Å². The second kappa shape index (κ2) is 4.37. The first-order valence-corrected chi connectivity index (χ1v) is 4.87. The number of furan rings is 1. The van der Waals surface area contributed by atoms with Crippen LogP contribution in [-0.4, -0.2) is 17.9 Å². The molecule has 0 aliphatic rings. The molecule has 0 amide bonds. The monoisotopic (exact) mass is 237 g/mol. The lowest BCUT2D eigenvalue weighted by atomic mass is 10.1. The number of hydrogen-bond acceptors (Lipinski definition) is 4. The highest BCUT2D eigenvalue weighted by molar-refractivity contribution is 6.29. The molecule has 2 aromatic heterocycles. The summed E-state index contributed by atoms with van der Waals surface area (Å²) < 4.78 is 10.00. The van der Waals surface area contributed by atoms with Crippen LogP contribution < -0.4 is 4.74 Å². The maximum Gasteiger partial charge on any atom is 0.229 e. The van der Waals surface area contributed by atoms with Crippen molar-refractivity contribution in [2.24, 2.45) is 0 Å². The van der Waals surface area contributed by atoms with E-state index in [1.807, 2.05) is 0 Å². The molecule has 0 spiro atoms. The lowest BCUT2D eigenvalue weighted by Crippen LogP contribution is -2.00. The summed E-state index contributed by atoms with van der Waals surface area (Å²) in [6.45, 7) is 0. The van der Waals surface area contributed by atoms with Crippen LogP contribution in [0.3, 0.4) is 0 Å². The fourth-order valence-corrected chi connectivity index (χ4v) is 1.38. The fourth-order valence-electron chi connectivity index (χ4n) is 1.23. The van der Waals surface area contributed by atoms with E-state index in [0.717, 1.165) is 0 Å². The third-order valence-electron chi connectivity index (χ3n) is 2.01. The van der Waals surface area contributed by atoms with E-state index in [2.05, 4.69) is 4.98 Å². The van der Waals surface area contributed by atoms with Crippen LogP contribution in [0.1, 0.15) is 16.1 Å². The third-order valence-corrected chi connectivity index (χ3v) is 2.21. The number of nitrogens with zero attached hydrogens (tertiary/aromatic N) is 1. The Labute approximate surface area is 96.8 Å². The largest absolute Gasteiger partial charge is 0.495 e. The quantitative estimate of drug-likeness (QED) is 0.770. The molecule has 2 aromatic rings. The number of ether oxygens (including phenoxy) is 1. The number of halogens is 1. The van der Waals surface area contributed by atoms with Gasteiger partial charge in [-0.3, -0.25) is 9.78 Å². The summed E-state index contributed by atoms with van der Waals surface area (Å²) in [5.41, 5.74) is 0.394. The van der Waals surface area contributed by atoms with Crippen molar-refractivity contribution in [1.29, 1.82) is 0 Å². The molecule has 0 fully saturated rings. The molecule has 4 nitrogen and oxygen atoms in total. The van der Waals surface area contributed by atoms with Crippen LogP contribution in [0.25, 0.3) is 0 Å². The fraction of sp³-hybridized carbons (Fsp3) is 0.0909. The average Bonchev–Trinajstić information content (AvgIpc) is 2.75. The summed E-state index contributed by atoms with van der Waals surface area (Å²) in [7, 11) is 1.51. The highest BCUT2D eigenvalue weighted by Gasteiger charge is 2.14. The second-order valence-corrected chi connectivity index (χ2v) is 3.42. The predicted octanol–water partition coefficient (Wildman–Crippen LogP) is 2.57. The number of carbonyl (C=O) groups is 1. The molecule has 5 heteroatoms. The topological polar surface area (TPSA) is 52.3 Å². The van der Waals surface area contributed by atoms with E-state index in [4.69, 9.17) is 20.8 Å². The zero-order valence-electron chi connectivity index (χ0n) is 8.44. The Morgan fingerprint density at radius 1 is 1.44 bits per heavy atom. The van der Waals surface area contributed by atoms with Gasteiger partial charge in [-0.2, -0.15) is 0 Å². The molecule has 0 unspecified atom stereocenters. The van der Waals surface area contributed by atoms with Crippen LogP contribution in [0.15, 0.2) is 35.0 Å². The van der Waals surface area contributed by atoms with E-state index >= 15 is 0 Å². The van der Waals surface area contributed by atoms with Gasteiger partial charge in [0.15, 0.2) is 11.0 Å². The first-order valence-electron chi connectivity index (χ1n) is 4.50. The molecule has 0 aromatic carbocycles. The summed E-state index contributed by atoms with van der Waals surface area (Å²) in [6, 6.07) is 4.62. The lowest BCUT2D eigenvalue weighted by molar-refractivity contribution is 0.101. The molecule has 2 rings (SSSR count). The number of aromatic nitrogens is 1. The molecule has 0 saturated heterocycles. The maximum absolute atomic E-state index is 11.9. The molecule has 0 aliphatic carbocycles. The molecule has 0 saturated carbocycles. The van der Waals surface area contributed by atoms with Gasteiger partial charge >= 0.3 is 0 Å². The van der Waals surface area contributed by atoms with Crippen LogP contribution in [0.5, 0.6) is 5.75 Å². The minimum atomic E-state index is -0.279. The Balaban J connectivity index is 2.33. The Morgan fingerprint density at radius 3 is 2.88 bits per heavy atom. The molecule has 0 radical (unpaired) electrons. The molecular formula is C11H8ClNO3. The van der Waals surface area contributed by atoms with Crippen LogP contribution in [0.2, 0.25) is 5.22 Å². The molecular weight excluding hydrogens is 230 g/mol. The molecule has 0 aliphatic heterocycles. The van der Waals surface area contributed by atoms with Crippen molar-refractivity contribution in [3.05, 3.63) is 47.1 Å². The molecule has 0 bridgehead atoms. The van der Waals surface area contributed by atoms with Crippen molar-refractivity contribution in [1.82, 2.24) is 4.98 Å².